The third-order valence-electron chi connectivity index (χ3n) is 5.81. The fourth-order valence-electron chi connectivity index (χ4n) is 4.47. The molecule has 0 amide bonds. The number of ether oxygens (including phenoxy) is 1. The lowest BCUT2D eigenvalue weighted by Gasteiger charge is -2.23. The van der Waals surface area contributed by atoms with E-state index < -0.39 is 10.0 Å². The summed E-state index contributed by atoms with van der Waals surface area (Å²) in [6, 6.07) is 1.86. The molecule has 1 unspecified atom stereocenters. The number of nitrogens with zero attached hydrogens (tertiary/aromatic N) is 4. The molecule has 2 fully saturated rings. The number of aromatic nitrogens is 5. The highest BCUT2D eigenvalue weighted by Crippen LogP contribution is 2.40. The molecule has 29 heavy (non-hydrogen) atoms. The highest BCUT2D eigenvalue weighted by atomic mass is 127. The highest BCUT2D eigenvalue weighted by Gasteiger charge is 2.38. The molecule has 2 N–H and O–H groups in total. The van der Waals surface area contributed by atoms with Crippen molar-refractivity contribution in [2.24, 2.45) is 0 Å². The number of sulfonamides is 1. The predicted octanol–water partition coefficient (Wildman–Crippen LogP) is 2.14. The summed E-state index contributed by atoms with van der Waals surface area (Å²) in [5.41, 5.74) is 2.42. The van der Waals surface area contributed by atoms with Gasteiger partial charge in [0.05, 0.1) is 23.6 Å². The molecule has 156 valence electrons. The Hall–Kier alpha value is -1.31. The van der Waals surface area contributed by atoms with E-state index in [2.05, 4.69) is 47.5 Å². The maximum atomic E-state index is 12.7. The van der Waals surface area contributed by atoms with Gasteiger partial charge in [0.1, 0.15) is 5.82 Å². The van der Waals surface area contributed by atoms with E-state index >= 15 is 0 Å². The highest BCUT2D eigenvalue weighted by molar-refractivity contribution is 14.1. The number of alkyl halides is 1. The largest absolute Gasteiger partial charge is 0.377 e. The van der Waals surface area contributed by atoms with Crippen molar-refractivity contribution in [1.29, 1.82) is 0 Å². The van der Waals surface area contributed by atoms with E-state index in [1.807, 2.05) is 16.7 Å². The molecular formula is C18H23IN6O3S. The summed E-state index contributed by atoms with van der Waals surface area (Å²) >= 11 is 2.41. The van der Waals surface area contributed by atoms with Crippen LogP contribution in [0.4, 0.5) is 0 Å². The zero-order valence-electron chi connectivity index (χ0n) is 15.8. The van der Waals surface area contributed by atoms with Gasteiger partial charge in [-0.15, -0.1) is 10.2 Å². The van der Waals surface area contributed by atoms with Crippen molar-refractivity contribution in [3.63, 3.8) is 0 Å². The molecule has 3 aromatic heterocycles. The Labute approximate surface area is 182 Å². The number of hydrogen-bond acceptors (Lipinski definition) is 6. The maximum absolute atomic E-state index is 12.7. The molecule has 0 spiro atoms. The lowest BCUT2D eigenvalue weighted by molar-refractivity contribution is 0.0303. The molecule has 3 aromatic rings. The number of nitrogens with one attached hydrogen (secondary N) is 2. The van der Waals surface area contributed by atoms with Crippen LogP contribution < -0.4 is 4.72 Å². The first kappa shape index (κ1) is 19.6. The molecule has 1 saturated carbocycles. The minimum Gasteiger partial charge on any atom is -0.377 e. The quantitative estimate of drug-likeness (QED) is 0.386. The van der Waals surface area contributed by atoms with Crippen LogP contribution in [0.3, 0.4) is 0 Å². The van der Waals surface area contributed by atoms with Gasteiger partial charge in [-0.25, -0.2) is 18.1 Å². The van der Waals surface area contributed by atoms with Crippen LogP contribution in [0, 0.1) is 0 Å². The Morgan fingerprint density at radius 1 is 1.31 bits per heavy atom. The van der Waals surface area contributed by atoms with Gasteiger partial charge >= 0.3 is 0 Å². The molecule has 11 heteroatoms. The first-order valence-electron chi connectivity index (χ1n) is 9.93. The zero-order chi connectivity index (χ0) is 20.0. The van der Waals surface area contributed by atoms with E-state index in [0.29, 0.717) is 18.7 Å². The van der Waals surface area contributed by atoms with Crippen LogP contribution in [-0.4, -0.2) is 61.4 Å². The van der Waals surface area contributed by atoms with Gasteiger partial charge < -0.3 is 9.72 Å². The minimum atomic E-state index is -3.38. The molecule has 5 rings (SSSR count). The lowest BCUT2D eigenvalue weighted by Crippen LogP contribution is -2.39. The van der Waals surface area contributed by atoms with Crippen molar-refractivity contribution < 1.29 is 13.2 Å². The Kier molecular flexibility index (Phi) is 5.25. The molecule has 1 saturated heterocycles. The standard InChI is InChI=1S/C18H23IN6O3S/c19-14-8-11(24-29(26,27)10-12-3-1-2-6-28-12)7-13(14)18-23-22-16-9-21-17-15(25(16)18)4-5-20-17/h4-5,9,11-14,20,24H,1-3,6-8,10H2/t11-,12?,13+,14-/m1/s1. The number of fused-ring (bicyclic) bond motifs is 3. The molecule has 1 aliphatic heterocycles. The topological polar surface area (TPSA) is 114 Å². The summed E-state index contributed by atoms with van der Waals surface area (Å²) in [6.07, 6.45) is 7.70. The van der Waals surface area contributed by atoms with Gasteiger partial charge in [-0.2, -0.15) is 0 Å². The average molecular weight is 530 g/mol. The second-order valence-corrected chi connectivity index (χ2v) is 11.3. The predicted molar refractivity (Wildman–Crippen MR) is 117 cm³/mol. The molecule has 2 aliphatic rings. The Morgan fingerprint density at radius 3 is 3.03 bits per heavy atom. The van der Waals surface area contributed by atoms with Crippen LogP contribution in [0.2, 0.25) is 0 Å². The summed E-state index contributed by atoms with van der Waals surface area (Å²) < 4.78 is 36.2. The number of hydrogen-bond donors (Lipinski definition) is 2. The normalized spacial score (nSPS) is 28.4. The zero-order valence-corrected chi connectivity index (χ0v) is 18.8. The first-order valence-corrected chi connectivity index (χ1v) is 12.8. The van der Waals surface area contributed by atoms with Crippen LogP contribution >= 0.6 is 22.6 Å². The Bertz CT molecular complexity index is 1120. The van der Waals surface area contributed by atoms with Crippen molar-refractivity contribution in [2.45, 2.75) is 54.1 Å². The number of H-pyrrole nitrogens is 1. The molecule has 0 aromatic carbocycles. The Balaban J connectivity index is 1.35. The van der Waals surface area contributed by atoms with Gasteiger partial charge in [0.2, 0.25) is 10.0 Å². The van der Waals surface area contributed by atoms with Crippen LogP contribution in [-0.2, 0) is 14.8 Å². The molecule has 9 nitrogen and oxygen atoms in total. The van der Waals surface area contributed by atoms with Gasteiger partial charge in [0.15, 0.2) is 11.3 Å². The number of aromatic amines is 1. The maximum Gasteiger partial charge on any atom is 0.214 e. The second kappa shape index (κ2) is 7.75. The third kappa shape index (κ3) is 3.89. The van der Waals surface area contributed by atoms with Gasteiger partial charge in [-0.1, -0.05) is 22.6 Å². The fraction of sp³-hybridized carbons (Fsp3) is 0.611. The van der Waals surface area contributed by atoms with Crippen molar-refractivity contribution in [2.75, 3.05) is 12.4 Å². The second-order valence-electron chi connectivity index (χ2n) is 7.90. The minimum absolute atomic E-state index is 0.0452. The van der Waals surface area contributed by atoms with Gasteiger partial charge in [-0.3, -0.25) is 4.40 Å². The van der Waals surface area contributed by atoms with Crippen LogP contribution in [0.15, 0.2) is 18.5 Å². The van der Waals surface area contributed by atoms with Crippen LogP contribution in [0.25, 0.3) is 16.8 Å². The summed E-state index contributed by atoms with van der Waals surface area (Å²) in [5, 5.41) is 8.72. The van der Waals surface area contributed by atoms with E-state index in [4.69, 9.17) is 4.74 Å². The molecule has 0 bridgehead atoms. The summed E-state index contributed by atoms with van der Waals surface area (Å²) in [7, 11) is -3.38. The molecule has 4 atom stereocenters. The van der Waals surface area contributed by atoms with Gasteiger partial charge in [-0.05, 0) is 38.2 Å². The summed E-state index contributed by atoms with van der Waals surface area (Å²) in [4.78, 5) is 7.48. The fourth-order valence-corrected chi connectivity index (χ4v) is 7.25. The van der Waals surface area contributed by atoms with E-state index in [9.17, 15) is 8.42 Å². The molecular weight excluding hydrogens is 507 g/mol. The first-order chi connectivity index (χ1) is 14.0. The number of rotatable bonds is 5. The van der Waals surface area contributed by atoms with Crippen LogP contribution in [0.1, 0.15) is 43.8 Å². The van der Waals surface area contributed by atoms with Gasteiger partial charge in [0.25, 0.3) is 0 Å². The summed E-state index contributed by atoms with van der Waals surface area (Å²) in [6.45, 7) is 0.657. The van der Waals surface area contributed by atoms with E-state index in [-0.39, 0.29) is 27.7 Å². The van der Waals surface area contributed by atoms with Crippen LogP contribution in [0.5, 0.6) is 0 Å². The average Bonchev–Trinajstić information content (AvgIpc) is 3.38. The van der Waals surface area contributed by atoms with Crippen molar-refractivity contribution in [1.82, 2.24) is 29.3 Å². The smallest absolute Gasteiger partial charge is 0.214 e. The molecule has 0 radical (unpaired) electrons. The Morgan fingerprint density at radius 2 is 2.21 bits per heavy atom. The lowest BCUT2D eigenvalue weighted by atomic mass is 10.1. The van der Waals surface area contributed by atoms with Gasteiger partial charge in [0, 0.05) is 28.7 Å². The number of halogens is 1. The molecule has 1 aliphatic carbocycles. The van der Waals surface area contributed by atoms with E-state index in [1.165, 1.54) is 0 Å². The molecule has 4 heterocycles. The van der Waals surface area contributed by atoms with E-state index in [0.717, 1.165) is 42.7 Å². The van der Waals surface area contributed by atoms with Crippen molar-refractivity contribution >= 4 is 49.4 Å². The van der Waals surface area contributed by atoms with Crippen molar-refractivity contribution in [3.05, 3.63) is 24.3 Å². The SMILES string of the molecule is O=S(=O)(CC1CCCCO1)N[C@H]1C[C@@H](I)[C@@H](c2nnc3cnc4[nH]ccc4n23)C1. The van der Waals surface area contributed by atoms with Crippen molar-refractivity contribution in [3.8, 4) is 0 Å². The summed E-state index contributed by atoms with van der Waals surface area (Å²) in [5.74, 6) is 1.03. The monoisotopic (exact) mass is 530 g/mol. The van der Waals surface area contributed by atoms with E-state index in [1.54, 1.807) is 6.20 Å². The third-order valence-corrected chi connectivity index (χ3v) is 8.69.